The third-order valence-corrected chi connectivity index (χ3v) is 9.07. The number of benzene rings is 3. The highest BCUT2D eigenvalue weighted by molar-refractivity contribution is 5.66. The number of rotatable bonds is 11. The van der Waals surface area contributed by atoms with E-state index in [2.05, 4.69) is 0 Å². The zero-order valence-electron chi connectivity index (χ0n) is 27.4. The van der Waals surface area contributed by atoms with Crippen molar-refractivity contribution in [2.45, 2.75) is 30.2 Å². The lowest BCUT2D eigenvalue weighted by molar-refractivity contribution is -0.153. The Bertz CT molecular complexity index is 1660. The fourth-order valence-corrected chi connectivity index (χ4v) is 6.67. The maximum atomic E-state index is 12.0. The summed E-state index contributed by atoms with van der Waals surface area (Å²) in [5, 5.41) is 12.0. The van der Waals surface area contributed by atoms with Crippen LogP contribution in [0.5, 0.6) is 57.5 Å². The molecule has 48 heavy (non-hydrogen) atoms. The van der Waals surface area contributed by atoms with E-state index in [4.69, 9.17) is 61.6 Å². The Kier molecular flexibility index (Phi) is 8.58. The van der Waals surface area contributed by atoms with Crippen LogP contribution < -0.4 is 47.4 Å². The van der Waals surface area contributed by atoms with Gasteiger partial charge in [-0.15, -0.1) is 0 Å². The predicted molar refractivity (Wildman–Crippen MR) is 165 cm³/mol. The molecule has 2 saturated heterocycles. The van der Waals surface area contributed by atoms with Crippen LogP contribution in [0, 0.1) is 5.92 Å². The van der Waals surface area contributed by atoms with Gasteiger partial charge < -0.3 is 66.7 Å². The first kappa shape index (κ1) is 32.1. The molecule has 0 aliphatic carbocycles. The van der Waals surface area contributed by atoms with E-state index in [1.54, 1.807) is 40.6 Å². The second kappa shape index (κ2) is 12.8. The largest absolute Gasteiger partial charge is 0.496 e. The topological polar surface area (TPSA) is 140 Å². The summed E-state index contributed by atoms with van der Waals surface area (Å²) in [6, 6.07) is 10.8. The Hall–Kier alpha value is -4.50. The minimum Gasteiger partial charge on any atom is -0.496 e. The van der Waals surface area contributed by atoms with Gasteiger partial charge in [-0.1, -0.05) is 6.07 Å². The third-order valence-electron chi connectivity index (χ3n) is 9.07. The quantitative estimate of drug-likeness (QED) is 0.316. The van der Waals surface area contributed by atoms with E-state index in [9.17, 15) is 5.11 Å². The van der Waals surface area contributed by atoms with Crippen molar-refractivity contribution in [3.05, 3.63) is 47.5 Å². The van der Waals surface area contributed by atoms with E-state index < -0.39 is 36.1 Å². The highest BCUT2D eigenvalue weighted by Gasteiger charge is 2.61. The van der Waals surface area contributed by atoms with Crippen LogP contribution in [0.2, 0.25) is 0 Å². The van der Waals surface area contributed by atoms with Crippen LogP contribution in [0.1, 0.15) is 23.3 Å². The van der Waals surface area contributed by atoms with E-state index in [1.807, 2.05) is 24.3 Å². The predicted octanol–water partition coefficient (Wildman–Crippen LogP) is 3.84. The van der Waals surface area contributed by atoms with Crippen molar-refractivity contribution in [3.8, 4) is 57.5 Å². The van der Waals surface area contributed by atoms with Crippen molar-refractivity contribution >= 4 is 0 Å². The summed E-state index contributed by atoms with van der Waals surface area (Å²) in [5.41, 5.74) is -0.0617. The molecule has 0 amide bonds. The van der Waals surface area contributed by atoms with Crippen molar-refractivity contribution in [1.29, 1.82) is 0 Å². The summed E-state index contributed by atoms with van der Waals surface area (Å²) in [5.74, 6) is 3.70. The smallest absolute Gasteiger partial charge is 0.232 e. The average Bonchev–Trinajstić information content (AvgIpc) is 3.80. The molecule has 4 heterocycles. The van der Waals surface area contributed by atoms with Gasteiger partial charge in [-0.3, -0.25) is 0 Å². The van der Waals surface area contributed by atoms with E-state index in [0.717, 1.165) is 5.56 Å². The van der Waals surface area contributed by atoms with Crippen LogP contribution >= 0.6 is 0 Å². The number of aliphatic hydroxyl groups is 1. The number of hydrogen-bond donors (Lipinski definition) is 1. The van der Waals surface area contributed by atoms with Gasteiger partial charge in [-0.2, -0.15) is 0 Å². The molecular weight excluding hydrogens is 632 g/mol. The molecule has 4 aliphatic rings. The fourth-order valence-electron chi connectivity index (χ4n) is 6.67. The second-order valence-electron chi connectivity index (χ2n) is 11.6. The van der Waals surface area contributed by atoms with E-state index in [-0.39, 0.29) is 38.1 Å². The summed E-state index contributed by atoms with van der Waals surface area (Å²) < 4.78 is 76.1. The van der Waals surface area contributed by atoms with Gasteiger partial charge in [-0.05, 0) is 18.2 Å². The lowest BCUT2D eigenvalue weighted by Gasteiger charge is -2.35. The van der Waals surface area contributed by atoms with Gasteiger partial charge in [0.1, 0.15) is 5.75 Å². The molecule has 3 aromatic rings. The SMILES string of the molecule is COC[C@H]1Oc2cc([C@@H]3OC[C@@]4(O)[C@H](Oc5c(OC)cc6c(c5OC)OCO6)OC[C@@H]34)c(OC)cc2O[C@@H]1c1ccc(OC)c(OC)c1. The Morgan fingerprint density at radius 1 is 0.729 bits per heavy atom. The fraction of sp³-hybridized carbons (Fsp3) is 0.471. The zero-order valence-corrected chi connectivity index (χ0v) is 27.4. The first-order chi connectivity index (χ1) is 23.4. The van der Waals surface area contributed by atoms with Gasteiger partial charge in [-0.25, -0.2) is 0 Å². The molecule has 14 nitrogen and oxygen atoms in total. The van der Waals surface area contributed by atoms with Gasteiger partial charge in [0, 0.05) is 30.4 Å². The molecule has 0 bridgehead atoms. The van der Waals surface area contributed by atoms with Gasteiger partial charge in [0.25, 0.3) is 0 Å². The molecule has 14 heteroatoms. The minimum absolute atomic E-state index is 0.0280. The lowest BCUT2D eigenvalue weighted by Crippen LogP contribution is -2.47. The molecule has 7 rings (SSSR count). The van der Waals surface area contributed by atoms with Crippen LogP contribution in [0.15, 0.2) is 36.4 Å². The van der Waals surface area contributed by atoms with Gasteiger partial charge in [0.15, 0.2) is 52.3 Å². The molecule has 6 atom stereocenters. The van der Waals surface area contributed by atoms with Crippen molar-refractivity contribution in [3.63, 3.8) is 0 Å². The molecule has 0 unspecified atom stereocenters. The van der Waals surface area contributed by atoms with Gasteiger partial charge in [0.2, 0.25) is 30.3 Å². The number of ether oxygens (including phenoxy) is 13. The van der Waals surface area contributed by atoms with Crippen molar-refractivity contribution in [2.24, 2.45) is 5.92 Å². The number of fused-ring (bicyclic) bond motifs is 3. The third kappa shape index (κ3) is 5.19. The van der Waals surface area contributed by atoms with Crippen molar-refractivity contribution < 1.29 is 66.7 Å². The summed E-state index contributed by atoms with van der Waals surface area (Å²) in [6.07, 6.45) is -2.76. The zero-order chi connectivity index (χ0) is 33.6. The minimum atomic E-state index is -1.54. The summed E-state index contributed by atoms with van der Waals surface area (Å²) >= 11 is 0. The Balaban J connectivity index is 1.17. The summed E-state index contributed by atoms with van der Waals surface area (Å²) in [6.45, 7) is 0.335. The standard InChI is InChI=1S/C34H38O14/c1-36-14-27-28(17-7-8-20(37-2)22(9-17)39-4)47-24-11-21(38-3)18(10-23(24)46-27)29-19-13-42-33(34(19,35)15-43-29)48-31-25(40-5)12-26-30(32(31)41-6)45-16-44-26/h7-12,19,27-29,33,35H,13-16H2,1-6H3/t19-,27+,28+,29-,33-,34-/m0/s1. The van der Waals surface area contributed by atoms with Crippen LogP contribution in [0.4, 0.5) is 0 Å². The van der Waals surface area contributed by atoms with E-state index in [0.29, 0.717) is 51.6 Å². The highest BCUT2D eigenvalue weighted by Crippen LogP contribution is 2.56. The average molecular weight is 671 g/mol. The Morgan fingerprint density at radius 2 is 1.48 bits per heavy atom. The first-order valence-electron chi connectivity index (χ1n) is 15.3. The normalized spacial score (nSPS) is 26.5. The highest BCUT2D eigenvalue weighted by atomic mass is 16.7. The first-order valence-corrected chi connectivity index (χ1v) is 15.3. The Morgan fingerprint density at radius 3 is 2.21 bits per heavy atom. The van der Waals surface area contributed by atoms with Gasteiger partial charge in [0.05, 0.1) is 67.4 Å². The molecule has 0 radical (unpaired) electrons. The lowest BCUT2D eigenvalue weighted by atomic mass is 9.85. The monoisotopic (exact) mass is 670 g/mol. The molecule has 1 N–H and O–H groups in total. The van der Waals surface area contributed by atoms with Crippen LogP contribution in [0.3, 0.4) is 0 Å². The van der Waals surface area contributed by atoms with Crippen LogP contribution in [0.25, 0.3) is 0 Å². The van der Waals surface area contributed by atoms with Crippen LogP contribution in [-0.2, 0) is 14.2 Å². The molecule has 258 valence electrons. The van der Waals surface area contributed by atoms with Crippen molar-refractivity contribution in [2.75, 3.05) is 69.3 Å². The number of methoxy groups -OCH3 is 6. The molecule has 0 saturated carbocycles. The molecule has 3 aromatic carbocycles. The maximum Gasteiger partial charge on any atom is 0.232 e. The number of hydrogen-bond acceptors (Lipinski definition) is 14. The molecule has 0 aromatic heterocycles. The molecular formula is C34H38O14. The summed E-state index contributed by atoms with van der Waals surface area (Å²) in [4.78, 5) is 0. The molecule has 4 aliphatic heterocycles. The second-order valence-corrected chi connectivity index (χ2v) is 11.6. The van der Waals surface area contributed by atoms with Crippen LogP contribution in [-0.4, -0.2) is 92.4 Å². The van der Waals surface area contributed by atoms with E-state index >= 15 is 0 Å². The molecule has 0 spiro atoms. The maximum absolute atomic E-state index is 12.0. The van der Waals surface area contributed by atoms with Gasteiger partial charge >= 0.3 is 0 Å². The Labute approximate surface area is 277 Å². The van der Waals surface area contributed by atoms with Crippen molar-refractivity contribution in [1.82, 2.24) is 0 Å². The van der Waals surface area contributed by atoms with E-state index in [1.165, 1.54) is 14.2 Å². The molecule has 2 fully saturated rings. The summed E-state index contributed by atoms with van der Waals surface area (Å²) in [7, 11) is 9.29.